The molecule has 2 N–H and O–H groups in total. The van der Waals surface area contributed by atoms with Gasteiger partial charge in [0.1, 0.15) is 5.82 Å². The van der Waals surface area contributed by atoms with Gasteiger partial charge in [0.2, 0.25) is 0 Å². The van der Waals surface area contributed by atoms with Crippen molar-refractivity contribution in [3.8, 4) is 0 Å². The normalized spacial score (nSPS) is 12.7. The summed E-state index contributed by atoms with van der Waals surface area (Å²) < 4.78 is 16.1. The topological polar surface area (TPSA) is 43.8 Å². The lowest BCUT2D eigenvalue weighted by molar-refractivity contribution is 0.584. The zero-order chi connectivity index (χ0) is 13.1. The highest BCUT2D eigenvalue weighted by molar-refractivity contribution is 9.10. The summed E-state index contributed by atoms with van der Waals surface area (Å²) in [5, 5.41) is 4.20. The van der Waals surface area contributed by atoms with E-state index in [1.165, 1.54) is 6.07 Å². The highest BCUT2D eigenvalue weighted by Gasteiger charge is 2.08. The van der Waals surface area contributed by atoms with E-state index in [4.69, 9.17) is 5.73 Å². The molecule has 96 valence electrons. The molecule has 0 saturated heterocycles. The summed E-state index contributed by atoms with van der Waals surface area (Å²) in [5.41, 5.74) is 7.51. The van der Waals surface area contributed by atoms with Crippen LogP contribution in [0.15, 0.2) is 35.1 Å². The molecule has 0 aliphatic carbocycles. The minimum Gasteiger partial charge on any atom is -0.324 e. The Morgan fingerprint density at radius 2 is 2.28 bits per heavy atom. The van der Waals surface area contributed by atoms with Gasteiger partial charge in [0, 0.05) is 27.8 Å². The number of rotatable bonds is 4. The molecule has 0 spiro atoms. The summed E-state index contributed by atoms with van der Waals surface area (Å²) >= 11 is 3.24. The van der Waals surface area contributed by atoms with Gasteiger partial charge in [-0.3, -0.25) is 4.68 Å². The molecule has 0 fully saturated rings. The smallest absolute Gasteiger partial charge is 0.129 e. The maximum absolute atomic E-state index is 13.7. The molecule has 0 radical (unpaired) electrons. The second kappa shape index (κ2) is 5.63. The van der Waals surface area contributed by atoms with Crippen molar-refractivity contribution < 1.29 is 4.39 Å². The second-order valence-electron chi connectivity index (χ2n) is 4.22. The predicted octanol–water partition coefficient (Wildman–Crippen LogP) is 3.24. The predicted molar refractivity (Wildman–Crippen MR) is 72.6 cm³/mol. The van der Waals surface area contributed by atoms with Crippen LogP contribution in [0.25, 0.3) is 0 Å². The largest absolute Gasteiger partial charge is 0.324 e. The molecule has 1 atom stereocenters. The summed E-state index contributed by atoms with van der Waals surface area (Å²) in [6, 6.07) is 5.02. The van der Waals surface area contributed by atoms with Crippen LogP contribution in [0.1, 0.15) is 30.5 Å². The maximum Gasteiger partial charge on any atom is 0.129 e. The average molecular weight is 312 g/mol. The first kappa shape index (κ1) is 13.2. The standard InChI is InChI=1S/C13H15BrFN3/c1-2-13(16)10-6-17-18(8-10)7-9-3-4-11(14)5-12(9)15/h3-6,8,13H,2,7,16H2,1H3. The molecule has 5 heteroatoms. The molecular formula is C13H15BrFN3. The average Bonchev–Trinajstić information content (AvgIpc) is 2.80. The van der Waals surface area contributed by atoms with Gasteiger partial charge in [0.15, 0.2) is 0 Å². The SMILES string of the molecule is CCC(N)c1cnn(Cc2ccc(Br)cc2F)c1. The Labute approximate surface area is 114 Å². The number of nitrogens with zero attached hydrogens (tertiary/aromatic N) is 2. The van der Waals surface area contributed by atoms with Crippen molar-refractivity contribution in [2.24, 2.45) is 5.73 Å². The van der Waals surface area contributed by atoms with E-state index in [-0.39, 0.29) is 11.9 Å². The fraction of sp³-hybridized carbons (Fsp3) is 0.308. The van der Waals surface area contributed by atoms with Crippen LogP contribution in [-0.4, -0.2) is 9.78 Å². The Kier molecular flexibility index (Phi) is 4.14. The van der Waals surface area contributed by atoms with Gasteiger partial charge in [-0.25, -0.2) is 4.39 Å². The lowest BCUT2D eigenvalue weighted by Gasteiger charge is -2.05. The van der Waals surface area contributed by atoms with E-state index in [9.17, 15) is 4.39 Å². The number of benzene rings is 1. The molecular weight excluding hydrogens is 297 g/mol. The number of hydrogen-bond donors (Lipinski definition) is 1. The lowest BCUT2D eigenvalue weighted by atomic mass is 10.1. The number of nitrogens with two attached hydrogens (primary N) is 1. The minimum absolute atomic E-state index is 0.00600. The van der Waals surface area contributed by atoms with Crippen LogP contribution in [0.2, 0.25) is 0 Å². The van der Waals surface area contributed by atoms with Crippen molar-refractivity contribution in [1.82, 2.24) is 9.78 Å². The third-order valence-electron chi connectivity index (χ3n) is 2.87. The van der Waals surface area contributed by atoms with Crippen LogP contribution in [0, 0.1) is 5.82 Å². The van der Waals surface area contributed by atoms with E-state index < -0.39 is 0 Å². The lowest BCUT2D eigenvalue weighted by Crippen LogP contribution is -2.07. The summed E-state index contributed by atoms with van der Waals surface area (Å²) in [6.45, 7) is 2.44. The highest BCUT2D eigenvalue weighted by atomic mass is 79.9. The fourth-order valence-corrected chi connectivity index (χ4v) is 2.05. The minimum atomic E-state index is -0.235. The number of hydrogen-bond acceptors (Lipinski definition) is 2. The van der Waals surface area contributed by atoms with Crippen LogP contribution in [-0.2, 0) is 6.54 Å². The fourth-order valence-electron chi connectivity index (χ4n) is 1.72. The van der Waals surface area contributed by atoms with Gasteiger partial charge >= 0.3 is 0 Å². The first-order chi connectivity index (χ1) is 8.60. The van der Waals surface area contributed by atoms with Crippen molar-refractivity contribution >= 4 is 15.9 Å². The molecule has 2 rings (SSSR count). The Hall–Kier alpha value is -1.20. The number of aromatic nitrogens is 2. The quantitative estimate of drug-likeness (QED) is 0.942. The molecule has 2 aromatic rings. The summed E-state index contributed by atoms with van der Waals surface area (Å²) in [4.78, 5) is 0. The highest BCUT2D eigenvalue weighted by Crippen LogP contribution is 2.17. The van der Waals surface area contributed by atoms with E-state index in [1.807, 2.05) is 19.2 Å². The van der Waals surface area contributed by atoms with Crippen molar-refractivity contribution in [1.29, 1.82) is 0 Å². The molecule has 0 bridgehead atoms. The van der Waals surface area contributed by atoms with E-state index in [1.54, 1.807) is 16.9 Å². The maximum atomic E-state index is 13.7. The van der Waals surface area contributed by atoms with E-state index in [0.717, 1.165) is 16.5 Å². The molecule has 1 unspecified atom stereocenters. The number of halogens is 2. The zero-order valence-corrected chi connectivity index (χ0v) is 11.7. The molecule has 0 amide bonds. The van der Waals surface area contributed by atoms with Gasteiger partial charge in [0.05, 0.1) is 12.7 Å². The summed E-state index contributed by atoms with van der Waals surface area (Å²) in [5.74, 6) is -0.235. The van der Waals surface area contributed by atoms with E-state index in [0.29, 0.717) is 12.1 Å². The molecule has 1 aromatic carbocycles. The van der Waals surface area contributed by atoms with Gasteiger partial charge in [-0.15, -0.1) is 0 Å². The Bertz CT molecular complexity index is 539. The van der Waals surface area contributed by atoms with Gasteiger partial charge in [-0.05, 0) is 18.6 Å². The van der Waals surface area contributed by atoms with Crippen LogP contribution in [0.5, 0.6) is 0 Å². The van der Waals surface area contributed by atoms with Crippen LogP contribution >= 0.6 is 15.9 Å². The molecule has 18 heavy (non-hydrogen) atoms. The first-order valence-corrected chi connectivity index (χ1v) is 6.61. The third kappa shape index (κ3) is 2.97. The molecule has 0 aliphatic rings. The van der Waals surface area contributed by atoms with Gasteiger partial charge in [-0.2, -0.15) is 5.10 Å². The van der Waals surface area contributed by atoms with Gasteiger partial charge in [0.25, 0.3) is 0 Å². The van der Waals surface area contributed by atoms with Crippen molar-refractivity contribution in [2.75, 3.05) is 0 Å². The van der Waals surface area contributed by atoms with E-state index >= 15 is 0 Å². The van der Waals surface area contributed by atoms with Crippen LogP contribution in [0.3, 0.4) is 0 Å². The van der Waals surface area contributed by atoms with Crippen molar-refractivity contribution in [3.63, 3.8) is 0 Å². The van der Waals surface area contributed by atoms with Crippen LogP contribution < -0.4 is 5.73 Å². The molecule has 0 saturated carbocycles. The Balaban J connectivity index is 2.16. The monoisotopic (exact) mass is 311 g/mol. The molecule has 0 aliphatic heterocycles. The van der Waals surface area contributed by atoms with Crippen molar-refractivity contribution in [2.45, 2.75) is 25.9 Å². The zero-order valence-electron chi connectivity index (χ0n) is 10.1. The molecule has 3 nitrogen and oxygen atoms in total. The summed E-state index contributed by atoms with van der Waals surface area (Å²) in [6.07, 6.45) is 4.47. The Morgan fingerprint density at radius 3 is 2.94 bits per heavy atom. The Morgan fingerprint density at radius 1 is 1.50 bits per heavy atom. The van der Waals surface area contributed by atoms with Crippen molar-refractivity contribution in [3.05, 3.63) is 52.0 Å². The van der Waals surface area contributed by atoms with Crippen LogP contribution in [0.4, 0.5) is 4.39 Å². The second-order valence-corrected chi connectivity index (χ2v) is 5.14. The molecule has 1 heterocycles. The third-order valence-corrected chi connectivity index (χ3v) is 3.36. The summed E-state index contributed by atoms with van der Waals surface area (Å²) in [7, 11) is 0. The first-order valence-electron chi connectivity index (χ1n) is 5.82. The van der Waals surface area contributed by atoms with Gasteiger partial charge in [-0.1, -0.05) is 28.9 Å². The van der Waals surface area contributed by atoms with Gasteiger partial charge < -0.3 is 5.73 Å². The molecule has 1 aromatic heterocycles. The van der Waals surface area contributed by atoms with E-state index in [2.05, 4.69) is 21.0 Å².